The van der Waals surface area contributed by atoms with Crippen LogP contribution in [0.4, 0.5) is 0 Å². The first-order valence-corrected chi connectivity index (χ1v) is 14.8. The zero-order valence-corrected chi connectivity index (χ0v) is 27.1. The predicted molar refractivity (Wildman–Crippen MR) is 173 cm³/mol. The highest BCUT2D eigenvalue weighted by molar-refractivity contribution is 5.85. The van der Waals surface area contributed by atoms with Crippen LogP contribution in [0.1, 0.15) is 45.7 Å². The third kappa shape index (κ3) is 9.25. The SMILES string of the molecule is C=CC(=O)Oc1ccc(C(C)(c2ccc(OC(=O)C=C)c(OCC)c2OCC)C(C=CC(=O)O)C=CC(=O)O)c(OCC)c1OCC. The van der Waals surface area contributed by atoms with Gasteiger partial charge in [-0.25, -0.2) is 19.2 Å². The lowest BCUT2D eigenvalue weighted by molar-refractivity contribution is -0.132. The van der Waals surface area contributed by atoms with Crippen molar-refractivity contribution < 1.29 is 57.8 Å². The van der Waals surface area contributed by atoms with E-state index < -0.39 is 35.2 Å². The summed E-state index contributed by atoms with van der Waals surface area (Å²) in [5, 5.41) is 19.2. The molecule has 47 heavy (non-hydrogen) atoms. The van der Waals surface area contributed by atoms with Crippen LogP contribution in [-0.4, -0.2) is 60.5 Å². The number of aliphatic carboxylic acids is 2. The van der Waals surface area contributed by atoms with Crippen LogP contribution < -0.4 is 28.4 Å². The fourth-order valence-electron chi connectivity index (χ4n) is 4.83. The van der Waals surface area contributed by atoms with Gasteiger partial charge in [0, 0.05) is 46.8 Å². The molecule has 0 unspecified atom stereocenters. The van der Waals surface area contributed by atoms with E-state index in [1.165, 1.54) is 24.3 Å². The van der Waals surface area contributed by atoms with Gasteiger partial charge in [0.1, 0.15) is 0 Å². The van der Waals surface area contributed by atoms with Crippen LogP contribution in [0.5, 0.6) is 34.5 Å². The van der Waals surface area contributed by atoms with Crippen molar-refractivity contribution in [3.63, 3.8) is 0 Å². The summed E-state index contributed by atoms with van der Waals surface area (Å²) >= 11 is 0. The maximum Gasteiger partial charge on any atom is 0.335 e. The quantitative estimate of drug-likeness (QED) is 0.109. The molecule has 0 aliphatic rings. The largest absolute Gasteiger partial charge is 0.490 e. The number of esters is 2. The van der Waals surface area contributed by atoms with Gasteiger partial charge < -0.3 is 38.6 Å². The van der Waals surface area contributed by atoms with E-state index in [0.717, 1.165) is 24.3 Å². The van der Waals surface area contributed by atoms with Crippen molar-refractivity contribution in [2.75, 3.05) is 26.4 Å². The van der Waals surface area contributed by atoms with Gasteiger partial charge in [-0.15, -0.1) is 0 Å². The molecule has 0 saturated carbocycles. The number of benzene rings is 2. The van der Waals surface area contributed by atoms with E-state index in [9.17, 15) is 29.4 Å². The summed E-state index contributed by atoms with van der Waals surface area (Å²) < 4.78 is 35.1. The molecule has 12 heteroatoms. The second-order valence-corrected chi connectivity index (χ2v) is 9.64. The molecule has 0 fully saturated rings. The molecule has 252 valence electrons. The lowest BCUT2D eigenvalue weighted by Gasteiger charge is -2.39. The van der Waals surface area contributed by atoms with Crippen molar-refractivity contribution in [1.29, 1.82) is 0 Å². The molecule has 0 aliphatic heterocycles. The van der Waals surface area contributed by atoms with E-state index in [0.29, 0.717) is 11.1 Å². The number of carbonyl (C=O) groups is 4. The van der Waals surface area contributed by atoms with Gasteiger partial charge in [0.2, 0.25) is 11.5 Å². The van der Waals surface area contributed by atoms with Crippen molar-refractivity contribution in [2.45, 2.75) is 40.0 Å². The van der Waals surface area contributed by atoms with Gasteiger partial charge in [0.15, 0.2) is 23.0 Å². The third-order valence-corrected chi connectivity index (χ3v) is 6.74. The van der Waals surface area contributed by atoms with E-state index >= 15 is 0 Å². The van der Waals surface area contributed by atoms with Crippen molar-refractivity contribution >= 4 is 23.9 Å². The highest BCUT2D eigenvalue weighted by Gasteiger charge is 2.43. The standard InChI is InChI=1S/C35H40O12/c1-8-29(40)46-25-18-16-23(31(42-10-3)33(25)44-12-5)35(7,22(14-20-27(36)37)15-21-28(38)39)24-17-19-26(47-30(41)9-2)34(45-13-6)32(24)43-11-4/h8-9,14-22H,1-2,10-13H2,3-7H3,(H,36,37)(H,38,39). The summed E-state index contributed by atoms with van der Waals surface area (Å²) in [5.41, 5.74) is -0.696. The first kappa shape index (κ1) is 37.7. The van der Waals surface area contributed by atoms with E-state index in [1.807, 2.05) is 0 Å². The van der Waals surface area contributed by atoms with Crippen molar-refractivity contribution in [3.05, 3.63) is 85.0 Å². The van der Waals surface area contributed by atoms with Crippen LogP contribution in [0.25, 0.3) is 0 Å². The minimum atomic E-state index is -1.44. The average Bonchev–Trinajstić information content (AvgIpc) is 3.03. The number of ether oxygens (including phenoxy) is 6. The lowest BCUT2D eigenvalue weighted by Crippen LogP contribution is -2.33. The molecule has 0 atom stereocenters. The summed E-state index contributed by atoms with van der Waals surface area (Å²) in [5.74, 6) is -4.63. The molecule has 0 aliphatic carbocycles. The van der Waals surface area contributed by atoms with E-state index in [2.05, 4.69) is 13.2 Å². The second kappa shape index (κ2) is 17.8. The third-order valence-electron chi connectivity index (χ3n) is 6.74. The van der Waals surface area contributed by atoms with Crippen molar-refractivity contribution in [1.82, 2.24) is 0 Å². The Labute approximate surface area is 273 Å². The Bertz CT molecular complexity index is 1430. The second-order valence-electron chi connectivity index (χ2n) is 9.64. The number of allylic oxidation sites excluding steroid dienone is 2. The highest BCUT2D eigenvalue weighted by atomic mass is 16.6. The molecule has 2 aromatic carbocycles. The molecule has 0 amide bonds. The van der Waals surface area contributed by atoms with Crippen LogP contribution in [0.3, 0.4) is 0 Å². The lowest BCUT2D eigenvalue weighted by atomic mass is 9.66. The van der Waals surface area contributed by atoms with Gasteiger partial charge in [0.05, 0.1) is 26.4 Å². The number of carbonyl (C=O) groups excluding carboxylic acids is 2. The highest BCUT2D eigenvalue weighted by Crippen LogP contribution is 2.55. The molecule has 0 bridgehead atoms. The van der Waals surface area contributed by atoms with Gasteiger partial charge >= 0.3 is 23.9 Å². The molecule has 0 heterocycles. The molecule has 0 spiro atoms. The van der Waals surface area contributed by atoms with Crippen molar-refractivity contribution in [3.8, 4) is 34.5 Å². The Morgan fingerprint density at radius 1 is 0.660 bits per heavy atom. The van der Waals surface area contributed by atoms with E-state index in [4.69, 9.17) is 28.4 Å². The summed E-state index contributed by atoms with van der Waals surface area (Å²) in [7, 11) is 0. The number of hydrogen-bond donors (Lipinski definition) is 2. The maximum absolute atomic E-state index is 12.2. The summed E-state index contributed by atoms with van der Waals surface area (Å²) in [4.78, 5) is 48.0. The minimum absolute atomic E-state index is 0.0247. The fraction of sp³-hybridized carbons (Fsp3) is 0.314. The number of carboxylic acids is 2. The Morgan fingerprint density at radius 3 is 1.30 bits per heavy atom. The molecular formula is C35H40O12. The fourth-order valence-corrected chi connectivity index (χ4v) is 4.83. The smallest absolute Gasteiger partial charge is 0.335 e. The van der Waals surface area contributed by atoms with Gasteiger partial charge in [-0.3, -0.25) is 0 Å². The van der Waals surface area contributed by atoms with E-state index in [-0.39, 0.29) is 60.9 Å². The molecule has 12 nitrogen and oxygen atoms in total. The van der Waals surface area contributed by atoms with Gasteiger partial charge in [-0.05, 0) is 39.8 Å². The zero-order chi connectivity index (χ0) is 35.1. The average molecular weight is 653 g/mol. The van der Waals surface area contributed by atoms with Crippen LogP contribution in [0.2, 0.25) is 0 Å². The minimum Gasteiger partial charge on any atom is -0.490 e. The van der Waals surface area contributed by atoms with E-state index in [1.54, 1.807) is 46.8 Å². The zero-order valence-electron chi connectivity index (χ0n) is 27.1. The molecule has 2 rings (SSSR count). The first-order valence-electron chi connectivity index (χ1n) is 14.8. The summed E-state index contributed by atoms with van der Waals surface area (Å²) in [6.45, 7) is 16.0. The molecular weight excluding hydrogens is 612 g/mol. The molecule has 2 N–H and O–H groups in total. The summed E-state index contributed by atoms with van der Waals surface area (Å²) in [6, 6.07) is 6.14. The predicted octanol–water partition coefficient (Wildman–Crippen LogP) is 5.67. The molecule has 0 saturated heterocycles. The normalized spacial score (nSPS) is 11.9. The first-order chi connectivity index (χ1) is 22.4. The van der Waals surface area contributed by atoms with Crippen LogP contribution in [-0.2, 0) is 24.6 Å². The number of carboxylic acid groups (broad SMARTS) is 2. The van der Waals surface area contributed by atoms with Crippen LogP contribution in [0, 0.1) is 5.92 Å². The summed E-state index contributed by atoms with van der Waals surface area (Å²) in [6.07, 6.45) is 6.41. The topological polar surface area (TPSA) is 164 Å². The Morgan fingerprint density at radius 2 is 1.00 bits per heavy atom. The molecule has 0 aromatic heterocycles. The molecule has 2 aromatic rings. The maximum atomic E-state index is 12.2. The van der Waals surface area contributed by atoms with Gasteiger partial charge in [-0.1, -0.05) is 44.4 Å². The van der Waals surface area contributed by atoms with Crippen LogP contribution in [0.15, 0.2) is 73.9 Å². The van der Waals surface area contributed by atoms with Crippen LogP contribution >= 0.6 is 0 Å². The van der Waals surface area contributed by atoms with Gasteiger partial charge in [-0.2, -0.15) is 0 Å². The molecule has 0 radical (unpaired) electrons. The Balaban J connectivity index is 3.27. The number of rotatable bonds is 19. The van der Waals surface area contributed by atoms with Crippen molar-refractivity contribution in [2.24, 2.45) is 5.92 Å². The Kier molecular flexibility index (Phi) is 14.3. The number of hydrogen-bond acceptors (Lipinski definition) is 10. The monoisotopic (exact) mass is 652 g/mol. The van der Waals surface area contributed by atoms with Gasteiger partial charge in [0.25, 0.3) is 0 Å². The Hall–Kier alpha value is -5.52.